The van der Waals surface area contributed by atoms with Gasteiger partial charge in [0.2, 0.25) is 0 Å². The molecule has 0 aliphatic carbocycles. The monoisotopic (exact) mass is 186 g/mol. The fourth-order valence-electron chi connectivity index (χ4n) is 2.47. The first-order chi connectivity index (χ1) is 6.02. The molecular formula is C10H18O3. The Bertz CT molecular complexity index is 218. The lowest BCUT2D eigenvalue weighted by atomic mass is 9.79. The zero-order valence-electron chi connectivity index (χ0n) is 8.79. The smallest absolute Gasteiger partial charge is 0.195 e. The van der Waals surface area contributed by atoms with Gasteiger partial charge in [0.05, 0.1) is 12.7 Å². The summed E-state index contributed by atoms with van der Waals surface area (Å²) in [5, 5.41) is 0. The first kappa shape index (κ1) is 9.44. The van der Waals surface area contributed by atoms with Crippen molar-refractivity contribution in [3.8, 4) is 0 Å². The average molecular weight is 186 g/mol. The van der Waals surface area contributed by atoms with E-state index >= 15 is 0 Å². The molecule has 3 heteroatoms. The van der Waals surface area contributed by atoms with Crippen molar-refractivity contribution in [2.45, 2.75) is 44.7 Å². The van der Waals surface area contributed by atoms with Crippen molar-refractivity contribution in [2.75, 3.05) is 13.7 Å². The Hall–Kier alpha value is -0.120. The van der Waals surface area contributed by atoms with Crippen molar-refractivity contribution in [2.24, 2.45) is 5.92 Å². The van der Waals surface area contributed by atoms with Crippen LogP contribution in [0.5, 0.6) is 0 Å². The summed E-state index contributed by atoms with van der Waals surface area (Å²) >= 11 is 0. The molecule has 0 N–H and O–H groups in total. The van der Waals surface area contributed by atoms with E-state index in [0.29, 0.717) is 12.5 Å². The summed E-state index contributed by atoms with van der Waals surface area (Å²) in [5.41, 5.74) is -0.319. The molecule has 0 aromatic carbocycles. The molecule has 0 aromatic heterocycles. The van der Waals surface area contributed by atoms with Gasteiger partial charge in [-0.15, -0.1) is 0 Å². The quantitative estimate of drug-likeness (QED) is 0.622. The zero-order valence-corrected chi connectivity index (χ0v) is 8.79. The maximum absolute atomic E-state index is 5.81. The zero-order chi connectivity index (χ0) is 9.69. The SMILES string of the molecule is COC1(C)[C@H](C)CC2CO[C@]1(C)O2. The van der Waals surface area contributed by atoms with E-state index in [4.69, 9.17) is 14.2 Å². The summed E-state index contributed by atoms with van der Waals surface area (Å²) in [6.45, 7) is 6.96. The summed E-state index contributed by atoms with van der Waals surface area (Å²) in [6.07, 6.45) is 1.29. The van der Waals surface area contributed by atoms with Crippen LogP contribution in [0.25, 0.3) is 0 Å². The molecule has 2 heterocycles. The summed E-state index contributed by atoms with van der Waals surface area (Å²) in [6, 6.07) is 0. The van der Waals surface area contributed by atoms with Gasteiger partial charge in [0, 0.05) is 7.11 Å². The Labute approximate surface area is 79.4 Å². The van der Waals surface area contributed by atoms with Crippen LogP contribution in [0.1, 0.15) is 27.2 Å². The Morgan fingerprint density at radius 2 is 2.08 bits per heavy atom. The lowest BCUT2D eigenvalue weighted by Crippen LogP contribution is -2.59. The van der Waals surface area contributed by atoms with Gasteiger partial charge in [0.1, 0.15) is 5.60 Å². The fourth-order valence-corrected chi connectivity index (χ4v) is 2.47. The Morgan fingerprint density at radius 1 is 1.38 bits per heavy atom. The van der Waals surface area contributed by atoms with Crippen LogP contribution in [0.2, 0.25) is 0 Å². The highest BCUT2D eigenvalue weighted by Gasteiger charge is 2.59. The van der Waals surface area contributed by atoms with E-state index < -0.39 is 5.79 Å². The van der Waals surface area contributed by atoms with Crippen LogP contribution in [-0.2, 0) is 14.2 Å². The largest absolute Gasteiger partial charge is 0.373 e. The molecule has 2 fully saturated rings. The second-order valence-electron chi connectivity index (χ2n) is 4.44. The lowest BCUT2D eigenvalue weighted by Gasteiger charge is -2.48. The topological polar surface area (TPSA) is 27.7 Å². The predicted molar refractivity (Wildman–Crippen MR) is 48.4 cm³/mol. The first-order valence-electron chi connectivity index (χ1n) is 4.89. The van der Waals surface area contributed by atoms with Crippen molar-refractivity contribution in [3.63, 3.8) is 0 Å². The molecule has 0 radical (unpaired) electrons. The molecule has 4 atom stereocenters. The minimum Gasteiger partial charge on any atom is -0.373 e. The van der Waals surface area contributed by atoms with E-state index in [0.717, 1.165) is 6.42 Å². The standard InChI is InChI=1S/C10H18O3/c1-7-5-8-6-12-10(3,13-8)9(7,2)11-4/h7-8H,5-6H2,1-4H3/t7-,8?,9?,10-/m1/s1. The van der Waals surface area contributed by atoms with Gasteiger partial charge in [-0.25, -0.2) is 0 Å². The third-order valence-electron chi connectivity index (χ3n) is 3.82. The Balaban J connectivity index is 2.33. The third-order valence-corrected chi connectivity index (χ3v) is 3.82. The van der Waals surface area contributed by atoms with Crippen molar-refractivity contribution in [3.05, 3.63) is 0 Å². The maximum Gasteiger partial charge on any atom is 0.195 e. The molecule has 2 bridgehead atoms. The maximum atomic E-state index is 5.81. The van der Waals surface area contributed by atoms with Gasteiger partial charge in [-0.05, 0) is 26.2 Å². The minimum absolute atomic E-state index is 0.267. The number of hydrogen-bond acceptors (Lipinski definition) is 3. The normalized spacial score (nSPS) is 55.4. The van der Waals surface area contributed by atoms with Crippen molar-refractivity contribution < 1.29 is 14.2 Å². The van der Waals surface area contributed by atoms with Crippen molar-refractivity contribution in [1.29, 1.82) is 0 Å². The van der Waals surface area contributed by atoms with Gasteiger partial charge < -0.3 is 14.2 Å². The highest BCUT2D eigenvalue weighted by molar-refractivity contribution is 5.02. The molecule has 0 amide bonds. The molecule has 3 nitrogen and oxygen atoms in total. The molecule has 0 saturated carbocycles. The second kappa shape index (κ2) is 2.69. The van der Waals surface area contributed by atoms with E-state index in [1.54, 1.807) is 7.11 Å². The number of fused-ring (bicyclic) bond motifs is 2. The van der Waals surface area contributed by atoms with Gasteiger partial charge in [-0.2, -0.15) is 0 Å². The first-order valence-corrected chi connectivity index (χ1v) is 4.89. The summed E-state index contributed by atoms with van der Waals surface area (Å²) in [5.74, 6) is -0.0758. The van der Waals surface area contributed by atoms with E-state index in [9.17, 15) is 0 Å². The van der Waals surface area contributed by atoms with Crippen LogP contribution in [-0.4, -0.2) is 31.2 Å². The van der Waals surface area contributed by atoms with Crippen LogP contribution in [0.15, 0.2) is 0 Å². The van der Waals surface area contributed by atoms with Crippen LogP contribution in [0.4, 0.5) is 0 Å². The minimum atomic E-state index is -0.552. The van der Waals surface area contributed by atoms with E-state index in [1.807, 2.05) is 6.92 Å². The van der Waals surface area contributed by atoms with Crippen LogP contribution >= 0.6 is 0 Å². The molecule has 0 spiro atoms. The summed E-state index contributed by atoms with van der Waals surface area (Å²) in [4.78, 5) is 0. The van der Waals surface area contributed by atoms with Crippen LogP contribution in [0.3, 0.4) is 0 Å². The van der Waals surface area contributed by atoms with E-state index in [1.165, 1.54) is 0 Å². The number of hydrogen-bond donors (Lipinski definition) is 0. The highest BCUT2D eigenvalue weighted by Crippen LogP contribution is 2.47. The molecule has 2 saturated heterocycles. The highest BCUT2D eigenvalue weighted by atomic mass is 16.8. The summed E-state index contributed by atoms with van der Waals surface area (Å²) in [7, 11) is 1.73. The fraction of sp³-hybridized carbons (Fsp3) is 1.00. The van der Waals surface area contributed by atoms with Gasteiger partial charge in [0.15, 0.2) is 5.79 Å². The van der Waals surface area contributed by atoms with Crippen molar-refractivity contribution >= 4 is 0 Å². The molecule has 2 rings (SSSR count). The lowest BCUT2D eigenvalue weighted by molar-refractivity contribution is -0.303. The number of rotatable bonds is 1. The van der Waals surface area contributed by atoms with Crippen molar-refractivity contribution in [1.82, 2.24) is 0 Å². The number of ether oxygens (including phenoxy) is 3. The number of methoxy groups -OCH3 is 1. The molecule has 13 heavy (non-hydrogen) atoms. The van der Waals surface area contributed by atoms with Crippen LogP contribution in [0, 0.1) is 5.92 Å². The second-order valence-corrected chi connectivity index (χ2v) is 4.44. The molecule has 2 unspecified atom stereocenters. The Morgan fingerprint density at radius 3 is 2.69 bits per heavy atom. The average Bonchev–Trinajstić information content (AvgIpc) is 2.43. The molecule has 76 valence electrons. The van der Waals surface area contributed by atoms with Crippen LogP contribution < -0.4 is 0 Å². The third kappa shape index (κ3) is 1.07. The van der Waals surface area contributed by atoms with Gasteiger partial charge in [0.25, 0.3) is 0 Å². The van der Waals surface area contributed by atoms with Gasteiger partial charge in [-0.3, -0.25) is 0 Å². The molecule has 0 aromatic rings. The van der Waals surface area contributed by atoms with E-state index in [-0.39, 0.29) is 11.7 Å². The molecule has 2 aliphatic heterocycles. The predicted octanol–water partition coefficient (Wildman–Crippen LogP) is 1.56. The molecule has 2 aliphatic rings. The van der Waals surface area contributed by atoms with Gasteiger partial charge >= 0.3 is 0 Å². The molecular weight excluding hydrogens is 168 g/mol. The van der Waals surface area contributed by atoms with Gasteiger partial charge in [-0.1, -0.05) is 6.92 Å². The Kier molecular flexibility index (Phi) is 1.95. The summed E-state index contributed by atoms with van der Waals surface area (Å²) < 4.78 is 17.1. The van der Waals surface area contributed by atoms with E-state index in [2.05, 4.69) is 13.8 Å².